The number of hydrogen-bond donors (Lipinski definition) is 0. The lowest BCUT2D eigenvalue weighted by molar-refractivity contribution is -0.152. The fourth-order valence-electron chi connectivity index (χ4n) is 19.0. The minimum Gasteiger partial charge on any atom is -0.461 e. The monoisotopic (exact) mass is 1970 g/mol. The van der Waals surface area contributed by atoms with Gasteiger partial charge in [-0.05, 0) is 286 Å². The van der Waals surface area contributed by atoms with Crippen LogP contribution in [0, 0.1) is 11.2 Å². The number of aromatic nitrogens is 3. The van der Waals surface area contributed by atoms with Gasteiger partial charge in [-0.15, -0.1) is 11.3 Å². The number of benzene rings is 12. The third-order valence-electron chi connectivity index (χ3n) is 28.7. The van der Waals surface area contributed by atoms with Crippen LogP contribution >= 0.6 is 11.3 Å². The molecule has 3 atom stereocenters. The van der Waals surface area contributed by atoms with Gasteiger partial charge in [-0.3, -0.25) is 8.99 Å². The molecule has 0 amide bonds. The van der Waals surface area contributed by atoms with Crippen LogP contribution in [0.25, 0.3) is 88.7 Å². The molecule has 0 radical (unpaired) electrons. The Morgan fingerprint density at radius 2 is 0.854 bits per heavy atom. The third kappa shape index (κ3) is 28.1. The molecule has 0 N–H and O–H groups in total. The first-order valence-corrected chi connectivity index (χ1v) is 54.8. The van der Waals surface area contributed by atoms with Gasteiger partial charge in [0.05, 0.1) is 23.9 Å². The number of nitrogens with zero attached hydrogens (tertiary/aromatic N) is 6. The van der Waals surface area contributed by atoms with E-state index in [0.29, 0.717) is 65.3 Å². The van der Waals surface area contributed by atoms with E-state index in [-0.39, 0.29) is 29.3 Å². The summed E-state index contributed by atoms with van der Waals surface area (Å²) >= 11 is 1.67. The summed E-state index contributed by atoms with van der Waals surface area (Å²) in [6, 6.07) is 102. The highest BCUT2D eigenvalue weighted by Gasteiger charge is 2.48. The van der Waals surface area contributed by atoms with Crippen LogP contribution in [0.15, 0.2) is 326 Å². The van der Waals surface area contributed by atoms with Gasteiger partial charge in [0.25, 0.3) is 0 Å². The predicted octanol–water partition coefficient (Wildman–Crippen LogP) is 36.1. The summed E-state index contributed by atoms with van der Waals surface area (Å²) in [7, 11) is -2.17. The second-order valence-electron chi connectivity index (χ2n) is 42.9. The fraction of sp³-hybridized carbons (Fsp3) is 0.357. The Hall–Kier alpha value is -12.1. The second kappa shape index (κ2) is 48.3. The highest BCUT2D eigenvalue weighted by atomic mass is 32.2. The first-order valence-electron chi connectivity index (χ1n) is 52.1. The molecule has 144 heavy (non-hydrogen) atoms. The maximum absolute atomic E-state index is 13.8. The van der Waals surface area contributed by atoms with Crippen LogP contribution in [0.5, 0.6) is 0 Å². The lowest BCUT2D eigenvalue weighted by Gasteiger charge is -2.57. The summed E-state index contributed by atoms with van der Waals surface area (Å²) in [5.74, 6) is 9.86. The lowest BCUT2D eigenvalue weighted by Crippen LogP contribution is -2.59. The van der Waals surface area contributed by atoms with E-state index in [4.69, 9.17) is 9.15 Å². The Labute approximate surface area is 861 Å². The normalized spacial score (nSPS) is 16.8. The zero-order valence-electron chi connectivity index (χ0n) is 88.3. The zero-order valence-corrected chi connectivity index (χ0v) is 89.9. The zero-order chi connectivity index (χ0) is 103. The molecule has 754 valence electrons. The summed E-state index contributed by atoms with van der Waals surface area (Å²) < 4.78 is 81.5. The van der Waals surface area contributed by atoms with Crippen LogP contribution in [0.2, 0.25) is 0 Å². The number of thiazole rings is 1. The smallest absolute Gasteiger partial charge is 0.408 e. The van der Waals surface area contributed by atoms with E-state index in [1.54, 1.807) is 23.5 Å². The number of rotatable bonds is 20. The number of furan rings is 1. The molecule has 4 saturated heterocycles. The molecule has 1 saturated carbocycles. The standard InChI is InChI=1S/C21H24F3N.C21H25N.C19H22FNOS.C19H22O.C18H17NS.C16H22N2.C15H18O/c1-15(2)17-6-5-7-18(14-17)16-9-11-19(12-10-16)25-13-4-3-8-20(25)21(22,23)24;1-16(2)18-5-3-6-19(13-18)17-7-9-20(10-8-17)22-14-21(15-22)11-4-12-21;1-14(2)16-11-17(13-18(20)12-16)15-5-7-19(8-6-15)21-9-4-10-23(21,3)22;1-14(2)16-5-4-6-17(13-16)15-7-9-18(10-8-15)19(3)11-12-20-19;1-13(2)16-4-3-5-17(12-16)14-6-8-15(9-7-14)18-19-10-11-20-18;1-12(2)13-7-6-8-14(9-13)15-10-17-18(11-15)16(3,4)5;1-4-14-8-9-15(16-14)13-7-5-6-12(10-13)11(2)3/h5-7,9-12,14-15,20H,3-4,8,13H2,1-2H3;3,5-10,13,16H,4,11-12,14-15H2,1-2H3;5-8,11-14H,3-4,9-10H2,1-2H3;4-10,13-14H,11-12H2,1-3H3;3-13H,1-2H3;6-12H,1-5H3;5-11H,4H2,1-3H3. The SMILES string of the molecule is C=S1(=O)CCCN1c1ccc(-c2cc(F)cc(C(C)C)c2)cc1.CC(C)c1cccc(-c2ccc(-c3nccs3)cc2)c1.CC(C)c1cccc(-c2ccc(C3(C)CCO3)cc2)c1.CC(C)c1cccc(-c2ccc(N3CC4(CCC4)C3)cc2)c1.CC(C)c1cccc(-c2ccc(N3CCCCC3C(F)(F)F)cc2)c1.CC(C)c1cccc(-c2cnn(C(C)(C)C)c2)c1.CCc1ccc(-c2cccc(C(C)C)c2)o1. The van der Waals surface area contributed by atoms with Crippen molar-refractivity contribution in [3.05, 3.63) is 377 Å². The van der Waals surface area contributed by atoms with E-state index in [2.05, 4.69) is 377 Å². The van der Waals surface area contributed by atoms with Gasteiger partial charge in [0, 0.05) is 111 Å². The van der Waals surface area contributed by atoms with Gasteiger partial charge >= 0.3 is 6.18 Å². The molecule has 3 aromatic heterocycles. The summed E-state index contributed by atoms with van der Waals surface area (Å²) in [6.07, 6.45) is 10.7. The van der Waals surface area contributed by atoms with Gasteiger partial charge in [0.2, 0.25) is 0 Å². The molecule has 9 nitrogen and oxygen atoms in total. The second-order valence-corrected chi connectivity index (χ2v) is 46.2. The number of piperidine rings is 1. The number of aryl methyl sites for hydroxylation is 1. The van der Waals surface area contributed by atoms with Gasteiger partial charge in [0.1, 0.15) is 28.4 Å². The van der Waals surface area contributed by atoms with E-state index in [9.17, 15) is 21.8 Å². The minimum atomic E-state index is -4.18. The van der Waals surface area contributed by atoms with E-state index in [0.717, 1.165) is 88.9 Å². The van der Waals surface area contributed by atoms with Crippen molar-refractivity contribution in [2.45, 2.75) is 254 Å². The molecule has 1 spiro atoms. The Morgan fingerprint density at radius 1 is 0.444 bits per heavy atom. The molecule has 12 aromatic carbocycles. The van der Waals surface area contributed by atoms with Crippen LogP contribution in [-0.2, 0) is 32.0 Å². The Balaban J connectivity index is 0.000000134. The van der Waals surface area contributed by atoms with Crippen LogP contribution in [0.1, 0.15) is 275 Å². The lowest BCUT2D eigenvalue weighted by atomic mass is 9.63. The van der Waals surface area contributed by atoms with Crippen molar-refractivity contribution < 1.29 is 30.9 Å². The van der Waals surface area contributed by atoms with E-state index >= 15 is 0 Å². The Kier molecular flexibility index (Phi) is 36.1. The third-order valence-corrected chi connectivity index (χ3v) is 31.6. The van der Waals surface area contributed by atoms with Crippen LogP contribution in [0.3, 0.4) is 0 Å². The van der Waals surface area contributed by atoms with Crippen molar-refractivity contribution in [2.24, 2.45) is 5.41 Å². The van der Waals surface area contributed by atoms with Gasteiger partial charge in [0.15, 0.2) is 0 Å². The van der Waals surface area contributed by atoms with Crippen molar-refractivity contribution in [3.8, 4) is 88.7 Å². The molecule has 0 bridgehead atoms. The first-order chi connectivity index (χ1) is 68.8. The maximum Gasteiger partial charge on any atom is 0.408 e. The van der Waals surface area contributed by atoms with Gasteiger partial charge in [-0.1, -0.05) is 341 Å². The summed E-state index contributed by atoms with van der Waals surface area (Å²) in [5.41, 5.74) is 30.6. The number of alkyl halides is 3. The van der Waals surface area contributed by atoms with Crippen molar-refractivity contribution in [3.63, 3.8) is 0 Å². The number of ether oxygens (including phenoxy) is 1. The molecule has 7 heterocycles. The van der Waals surface area contributed by atoms with E-state index < -0.39 is 21.9 Å². The molecular weight excluding hydrogens is 1820 g/mol. The number of halogens is 4. The highest BCUT2D eigenvalue weighted by Crippen LogP contribution is 2.50. The van der Waals surface area contributed by atoms with Crippen LogP contribution in [0.4, 0.5) is 34.6 Å². The molecule has 5 aliphatic rings. The molecule has 5 fully saturated rings. The molecule has 3 unspecified atom stereocenters. The Bertz CT molecular complexity index is 6730. The summed E-state index contributed by atoms with van der Waals surface area (Å²) in [5, 5.41) is 7.54. The number of hydrogen-bond acceptors (Lipinski definition) is 8. The fourth-order valence-corrected chi connectivity index (χ4v) is 21.4. The molecule has 20 rings (SSSR count). The van der Waals surface area contributed by atoms with Crippen LogP contribution < -0.4 is 14.1 Å². The van der Waals surface area contributed by atoms with Crippen molar-refractivity contribution in [2.75, 3.05) is 52.6 Å². The molecule has 15 aromatic rings. The van der Waals surface area contributed by atoms with Gasteiger partial charge in [-0.2, -0.15) is 18.3 Å². The molecule has 1 aliphatic carbocycles. The number of anilines is 3. The Morgan fingerprint density at radius 3 is 1.24 bits per heavy atom. The molecule has 15 heteroatoms. The first kappa shape index (κ1) is 108. The molecule has 4 aliphatic heterocycles. The van der Waals surface area contributed by atoms with Gasteiger partial charge < -0.3 is 19.0 Å². The van der Waals surface area contributed by atoms with E-state index in [1.807, 2.05) is 93.5 Å². The topological polar surface area (TPSA) is 79.9 Å². The van der Waals surface area contributed by atoms with E-state index in [1.165, 1.54) is 138 Å². The molecular formula is C129H150F4N6O3S2. The largest absolute Gasteiger partial charge is 0.461 e. The summed E-state index contributed by atoms with van der Waals surface area (Å²) in [4.78, 5) is 8.39. The minimum absolute atomic E-state index is 0.0356. The van der Waals surface area contributed by atoms with Crippen molar-refractivity contribution in [1.29, 1.82) is 0 Å². The average molecular weight is 1970 g/mol. The van der Waals surface area contributed by atoms with Crippen LogP contribution in [-0.4, -0.2) is 75.6 Å². The average Bonchev–Trinajstić information content (AvgIpc) is 0.942. The van der Waals surface area contributed by atoms with Crippen molar-refractivity contribution in [1.82, 2.24) is 14.8 Å². The highest BCUT2D eigenvalue weighted by molar-refractivity contribution is 8.01. The predicted molar refractivity (Wildman–Crippen MR) is 605 cm³/mol. The maximum atomic E-state index is 13.8. The quantitative estimate of drug-likeness (QED) is 0.0555. The van der Waals surface area contributed by atoms with Gasteiger partial charge in [-0.25, -0.2) is 13.6 Å². The summed E-state index contributed by atoms with van der Waals surface area (Å²) in [6.45, 7) is 46.1. The van der Waals surface area contributed by atoms with Crippen molar-refractivity contribution >= 4 is 44.0 Å².